The van der Waals surface area contributed by atoms with Crippen molar-refractivity contribution in [2.24, 2.45) is 0 Å². The van der Waals surface area contributed by atoms with Crippen molar-refractivity contribution < 1.29 is 146 Å². The Bertz CT molecular complexity index is 2940. The molecule has 0 bridgehead atoms. The Hall–Kier alpha value is -6.31. The van der Waals surface area contributed by atoms with E-state index in [0.29, 0.717) is 12.1 Å². The van der Waals surface area contributed by atoms with E-state index in [4.69, 9.17) is 0 Å². The molecule has 0 aliphatic rings. The fourth-order valence-electron chi connectivity index (χ4n) is 7.84. The molecular formula is C41H7BF29Li. The third-order valence-electron chi connectivity index (χ3n) is 10.7. The van der Waals surface area contributed by atoms with Crippen molar-refractivity contribution in [3.63, 3.8) is 0 Å². The zero-order valence-electron chi connectivity index (χ0n) is 33.6. The van der Waals surface area contributed by atoms with Crippen LogP contribution >= 0.6 is 0 Å². The standard InChI is InChI=1S/C41H7BF29.Li/c1-2-7-3-5-8(6-4-7)9-19(43)21(45)10(22(46)20(9)44)11-23(47)31(55)15(32(56)24(11)48)42(16-33(57)25(49)12(39(63,64)65)26(50)34(16)58,17-35(59)27(51)13(40(66,67)68)28(52)36(17)60)18-37(61)29(53)14(41(69,70)71)30(54)38(18)62;/h2-6H,1H2;/q-1;+1. The van der Waals surface area contributed by atoms with Gasteiger partial charge in [0.2, 0.25) is 0 Å². The molecule has 0 fully saturated rings. The smallest absolute Gasteiger partial charge is 0.207 e. The Labute approximate surface area is 390 Å². The molecule has 0 spiro atoms. The van der Waals surface area contributed by atoms with Gasteiger partial charge < -0.3 is 0 Å². The molecule has 0 saturated carbocycles. The number of alkyl halides is 9. The first kappa shape index (κ1) is 56.6. The number of hydrogen-bond donors (Lipinski definition) is 0. The van der Waals surface area contributed by atoms with Crippen LogP contribution in [0, 0.1) is 116 Å². The van der Waals surface area contributed by atoms with Gasteiger partial charge >= 0.3 is 37.4 Å². The van der Waals surface area contributed by atoms with Gasteiger partial charge in [-0.15, -0.1) is 21.9 Å². The summed E-state index contributed by atoms with van der Waals surface area (Å²) < 4.78 is 445. The Morgan fingerprint density at radius 1 is 0.292 bits per heavy atom. The van der Waals surface area contributed by atoms with Gasteiger partial charge in [-0.25, -0.2) is 87.8 Å². The molecule has 0 radical (unpaired) electrons. The quantitative estimate of drug-likeness (QED) is 0.0850. The van der Waals surface area contributed by atoms with E-state index >= 15 is 87.8 Å². The molecule has 0 heterocycles. The first-order valence-electron chi connectivity index (χ1n) is 17.9. The second-order valence-corrected chi connectivity index (χ2v) is 14.4. The van der Waals surface area contributed by atoms with E-state index in [1.807, 2.05) is 0 Å². The molecule has 0 aromatic heterocycles. The maximum Gasteiger partial charge on any atom is 1.00 e. The van der Waals surface area contributed by atoms with Gasteiger partial charge in [0.05, 0.1) is 16.7 Å². The Morgan fingerprint density at radius 2 is 0.486 bits per heavy atom. The van der Waals surface area contributed by atoms with E-state index in [2.05, 4.69) is 6.58 Å². The van der Waals surface area contributed by atoms with Crippen LogP contribution in [0.15, 0.2) is 30.8 Å². The van der Waals surface area contributed by atoms with Crippen molar-refractivity contribution in [1.29, 1.82) is 0 Å². The van der Waals surface area contributed by atoms with Crippen molar-refractivity contribution in [3.8, 4) is 22.3 Å². The third-order valence-corrected chi connectivity index (χ3v) is 10.7. The van der Waals surface area contributed by atoms with Gasteiger partial charge in [0, 0.05) is 0 Å². The molecule has 0 aliphatic heterocycles. The molecular weight excluding hydrogens is 1060 g/mol. The third kappa shape index (κ3) is 8.11. The minimum absolute atomic E-state index is 0. The first-order chi connectivity index (χ1) is 32.5. The van der Waals surface area contributed by atoms with Crippen LogP contribution in [0.25, 0.3) is 28.3 Å². The summed E-state index contributed by atoms with van der Waals surface area (Å²) in [7, 11) is 0. The molecule has 0 unspecified atom stereocenters. The predicted octanol–water partition coefficient (Wildman–Crippen LogP) is 9.88. The zero-order chi connectivity index (χ0) is 54.0. The van der Waals surface area contributed by atoms with Crippen LogP contribution in [0.2, 0.25) is 0 Å². The molecule has 0 aliphatic carbocycles. The van der Waals surface area contributed by atoms with E-state index in [1.165, 1.54) is 0 Å². The molecule has 0 atom stereocenters. The van der Waals surface area contributed by atoms with Gasteiger partial charge in [-0.2, -0.15) is 39.5 Å². The molecule has 0 nitrogen and oxygen atoms in total. The maximum absolute atomic E-state index is 17.0. The predicted molar refractivity (Wildman–Crippen MR) is 185 cm³/mol. The summed E-state index contributed by atoms with van der Waals surface area (Å²) in [5.74, 6) is -81.5. The average molecular weight is 1070 g/mol. The van der Waals surface area contributed by atoms with E-state index in [9.17, 15) is 39.5 Å². The molecule has 6 rings (SSSR count). The van der Waals surface area contributed by atoms with Crippen LogP contribution < -0.4 is 40.7 Å². The fraction of sp³-hybridized carbons (Fsp3) is 0.0732. The molecule has 0 saturated heterocycles. The Kier molecular flexibility index (Phi) is 14.6. The summed E-state index contributed by atoms with van der Waals surface area (Å²) in [5.41, 5.74) is -38.5. The van der Waals surface area contributed by atoms with Crippen molar-refractivity contribution in [1.82, 2.24) is 0 Å². The minimum Gasteiger partial charge on any atom is -0.207 e. The summed E-state index contributed by atoms with van der Waals surface area (Å²) in [6, 6.07) is 3.19. The molecule has 31 heteroatoms. The van der Waals surface area contributed by atoms with Crippen molar-refractivity contribution in [2.45, 2.75) is 18.5 Å². The zero-order valence-corrected chi connectivity index (χ0v) is 33.6. The number of hydrogen-bond acceptors (Lipinski definition) is 0. The molecule has 6 aromatic carbocycles. The average Bonchev–Trinajstić information content (AvgIpc) is 3.26. The summed E-state index contributed by atoms with van der Waals surface area (Å²) in [5, 5.41) is 0. The number of halogens is 29. The van der Waals surface area contributed by atoms with Crippen LogP contribution in [-0.2, 0) is 18.5 Å². The number of benzene rings is 6. The Morgan fingerprint density at radius 3 is 0.694 bits per heavy atom. The first-order valence-corrected chi connectivity index (χ1v) is 17.9. The SMILES string of the molecule is C=Cc1ccc(-c2c(F)c(F)c(-c3c(F)c(F)c([B-](c4c(F)c(F)c(C(F)(F)F)c(F)c4F)(c4c(F)c(F)c(C(F)(F)F)c(F)c4F)c4c(F)c(F)c(C(F)(F)F)c(F)c4F)c(F)c3F)c(F)c2F)cc1.[Li+]. The minimum atomic E-state index is -8.27. The molecule has 0 N–H and O–H groups in total. The molecule has 72 heavy (non-hydrogen) atoms. The summed E-state index contributed by atoms with van der Waals surface area (Å²) in [6.45, 7) is 3.30. The number of rotatable bonds is 7. The van der Waals surface area contributed by atoms with Gasteiger partial charge in [-0.3, -0.25) is 0 Å². The molecule has 378 valence electrons. The van der Waals surface area contributed by atoms with Crippen LogP contribution in [0.4, 0.5) is 127 Å². The molecule has 0 amide bonds. The largest absolute Gasteiger partial charge is 1.00 e. The molecule has 6 aromatic rings. The van der Waals surface area contributed by atoms with Gasteiger partial charge in [0.25, 0.3) is 0 Å². The maximum atomic E-state index is 17.0. The van der Waals surface area contributed by atoms with Gasteiger partial charge in [-0.05, 0) is 11.1 Å². The second kappa shape index (κ2) is 18.6. The van der Waals surface area contributed by atoms with Crippen LogP contribution in [0.5, 0.6) is 0 Å². The monoisotopic (exact) mass is 1070 g/mol. The van der Waals surface area contributed by atoms with Crippen LogP contribution in [0.1, 0.15) is 22.3 Å². The van der Waals surface area contributed by atoms with E-state index < -0.39 is 202 Å². The van der Waals surface area contributed by atoms with E-state index in [-0.39, 0.29) is 24.4 Å². The van der Waals surface area contributed by atoms with Crippen LogP contribution in [-0.4, -0.2) is 6.15 Å². The van der Waals surface area contributed by atoms with Crippen molar-refractivity contribution in [2.75, 3.05) is 0 Å². The second-order valence-electron chi connectivity index (χ2n) is 14.4. The van der Waals surface area contributed by atoms with E-state index in [0.717, 1.165) is 18.2 Å². The van der Waals surface area contributed by atoms with E-state index in [1.54, 1.807) is 0 Å². The fourth-order valence-corrected chi connectivity index (χ4v) is 7.84. The van der Waals surface area contributed by atoms with Gasteiger partial charge in [-0.1, -0.05) is 36.9 Å². The Balaban J connectivity index is 0.00000963. The normalized spacial score (nSPS) is 12.5. The van der Waals surface area contributed by atoms with Gasteiger partial charge in [0.15, 0.2) is 69.8 Å². The van der Waals surface area contributed by atoms with Crippen molar-refractivity contribution >= 4 is 34.1 Å². The summed E-state index contributed by atoms with van der Waals surface area (Å²) >= 11 is 0. The summed E-state index contributed by atoms with van der Waals surface area (Å²) in [4.78, 5) is 0. The van der Waals surface area contributed by atoms with Crippen LogP contribution in [0.3, 0.4) is 0 Å². The van der Waals surface area contributed by atoms with Gasteiger partial charge in [0.1, 0.15) is 69.4 Å². The topological polar surface area (TPSA) is 0 Å². The summed E-state index contributed by atoms with van der Waals surface area (Å²) in [6.07, 6.45) is -28.0. The van der Waals surface area contributed by atoms with Crippen molar-refractivity contribution in [3.05, 3.63) is 169 Å².